The number of sulfonamides is 1. The molecule has 1 aliphatic heterocycles. The maximum Gasteiger partial charge on any atom is 0.241 e. The van der Waals surface area contributed by atoms with E-state index in [0.717, 1.165) is 16.8 Å². The molecule has 0 aromatic heterocycles. The van der Waals surface area contributed by atoms with Crippen LogP contribution in [0.3, 0.4) is 0 Å². The third-order valence-corrected chi connectivity index (χ3v) is 6.33. The first-order valence-corrected chi connectivity index (χ1v) is 10.9. The second kappa shape index (κ2) is 8.76. The number of benzene rings is 2. The largest absolute Gasteiger partial charge is 0.337 e. The molecule has 0 saturated carbocycles. The highest BCUT2D eigenvalue weighted by Crippen LogP contribution is 2.26. The van der Waals surface area contributed by atoms with Crippen molar-refractivity contribution in [3.63, 3.8) is 0 Å². The first-order valence-electron chi connectivity index (χ1n) is 9.44. The lowest BCUT2D eigenvalue weighted by Crippen LogP contribution is -2.42. The zero-order chi connectivity index (χ0) is 21.9. The van der Waals surface area contributed by atoms with Crippen LogP contribution < -0.4 is 10.0 Å². The van der Waals surface area contributed by atoms with E-state index in [2.05, 4.69) is 10.0 Å². The Kier molecular flexibility index (Phi) is 6.33. The normalized spacial score (nSPS) is 13.5. The molecule has 0 saturated heterocycles. The molecule has 2 N–H and O–H groups in total. The van der Waals surface area contributed by atoms with Gasteiger partial charge in [-0.2, -0.15) is 0 Å². The summed E-state index contributed by atoms with van der Waals surface area (Å²) in [5.41, 5.74) is 3.06. The lowest BCUT2D eigenvalue weighted by atomic mass is 9.97. The number of rotatable bonds is 6. The average molecular weight is 429 g/mol. The maximum absolute atomic E-state index is 12.6. The third kappa shape index (κ3) is 4.92. The van der Waals surface area contributed by atoms with Crippen molar-refractivity contribution in [2.45, 2.75) is 31.7 Å². The van der Waals surface area contributed by atoms with Crippen LogP contribution in [0, 0.1) is 0 Å². The monoisotopic (exact) mass is 429 g/mol. The van der Waals surface area contributed by atoms with Crippen molar-refractivity contribution >= 4 is 33.3 Å². The Morgan fingerprint density at radius 1 is 1.03 bits per heavy atom. The average Bonchev–Trinajstić information content (AvgIpc) is 2.71. The highest BCUT2D eigenvalue weighted by atomic mass is 32.2. The molecule has 9 heteroatoms. The SMILES string of the molecule is CC(=O)Nc1cccc2c1CCN(C(=O)CNS(=O)(=O)c1ccc(C(C)=O)cc1)C2. The van der Waals surface area contributed by atoms with Gasteiger partial charge in [0.05, 0.1) is 11.4 Å². The molecule has 2 aromatic rings. The number of fused-ring (bicyclic) bond motifs is 1. The lowest BCUT2D eigenvalue weighted by Gasteiger charge is -2.30. The quantitative estimate of drug-likeness (QED) is 0.679. The van der Waals surface area contributed by atoms with E-state index in [1.54, 1.807) is 4.90 Å². The summed E-state index contributed by atoms with van der Waals surface area (Å²) >= 11 is 0. The van der Waals surface area contributed by atoms with E-state index in [1.807, 2.05) is 18.2 Å². The molecular weight excluding hydrogens is 406 g/mol. The minimum atomic E-state index is -3.87. The Morgan fingerprint density at radius 3 is 2.37 bits per heavy atom. The molecule has 2 amide bonds. The van der Waals surface area contributed by atoms with Gasteiger partial charge in [0, 0.05) is 31.3 Å². The Hall–Kier alpha value is -3.04. The summed E-state index contributed by atoms with van der Waals surface area (Å²) in [5, 5.41) is 2.80. The van der Waals surface area contributed by atoms with E-state index in [9.17, 15) is 22.8 Å². The van der Waals surface area contributed by atoms with Gasteiger partial charge in [-0.1, -0.05) is 24.3 Å². The number of carbonyl (C=O) groups excluding carboxylic acids is 3. The number of Topliss-reactive ketones (excluding diaryl/α,β-unsaturated/α-hetero) is 1. The number of anilines is 1. The van der Waals surface area contributed by atoms with Crippen molar-refractivity contribution in [1.29, 1.82) is 0 Å². The van der Waals surface area contributed by atoms with Crippen LogP contribution in [0.2, 0.25) is 0 Å². The highest BCUT2D eigenvalue weighted by Gasteiger charge is 2.24. The zero-order valence-electron chi connectivity index (χ0n) is 16.8. The van der Waals surface area contributed by atoms with Crippen LogP contribution in [-0.4, -0.2) is 44.0 Å². The van der Waals surface area contributed by atoms with Gasteiger partial charge in [0.15, 0.2) is 5.78 Å². The fourth-order valence-electron chi connectivity index (χ4n) is 3.35. The van der Waals surface area contributed by atoms with Gasteiger partial charge in [-0.25, -0.2) is 13.1 Å². The molecule has 0 spiro atoms. The maximum atomic E-state index is 12.6. The number of ketones is 1. The van der Waals surface area contributed by atoms with E-state index in [-0.39, 0.29) is 29.0 Å². The predicted molar refractivity (Wildman–Crippen MR) is 112 cm³/mol. The van der Waals surface area contributed by atoms with Crippen LogP contribution in [0.15, 0.2) is 47.4 Å². The van der Waals surface area contributed by atoms with Crippen LogP contribution in [0.25, 0.3) is 0 Å². The summed E-state index contributed by atoms with van der Waals surface area (Å²) in [7, 11) is -3.87. The van der Waals surface area contributed by atoms with Crippen molar-refractivity contribution in [3.05, 3.63) is 59.2 Å². The second-order valence-corrected chi connectivity index (χ2v) is 8.86. The van der Waals surface area contributed by atoms with Gasteiger partial charge in [-0.3, -0.25) is 14.4 Å². The van der Waals surface area contributed by atoms with E-state index in [0.29, 0.717) is 25.1 Å². The third-order valence-electron chi connectivity index (χ3n) is 4.91. The molecule has 1 aliphatic rings. The fourth-order valence-corrected chi connectivity index (χ4v) is 4.32. The van der Waals surface area contributed by atoms with E-state index >= 15 is 0 Å². The summed E-state index contributed by atoms with van der Waals surface area (Å²) in [6, 6.07) is 11.1. The van der Waals surface area contributed by atoms with Crippen molar-refractivity contribution in [2.24, 2.45) is 0 Å². The molecular formula is C21H23N3O5S. The number of nitrogens with zero attached hydrogens (tertiary/aromatic N) is 1. The van der Waals surface area contributed by atoms with Gasteiger partial charge < -0.3 is 10.2 Å². The Balaban J connectivity index is 1.64. The van der Waals surface area contributed by atoms with Crippen molar-refractivity contribution in [1.82, 2.24) is 9.62 Å². The number of hydrogen-bond acceptors (Lipinski definition) is 5. The first-order chi connectivity index (χ1) is 14.2. The van der Waals surface area contributed by atoms with Crippen molar-refractivity contribution in [3.8, 4) is 0 Å². The summed E-state index contributed by atoms with van der Waals surface area (Å²) in [5.74, 6) is -0.656. The van der Waals surface area contributed by atoms with Crippen molar-refractivity contribution in [2.75, 3.05) is 18.4 Å². The van der Waals surface area contributed by atoms with Crippen LogP contribution in [-0.2, 0) is 32.6 Å². The number of hydrogen-bond donors (Lipinski definition) is 2. The Bertz CT molecular complexity index is 1090. The smallest absolute Gasteiger partial charge is 0.241 e. The number of nitrogens with one attached hydrogen (secondary N) is 2. The van der Waals surface area contributed by atoms with E-state index < -0.39 is 10.0 Å². The van der Waals surface area contributed by atoms with E-state index in [4.69, 9.17) is 0 Å². The molecule has 8 nitrogen and oxygen atoms in total. The molecule has 0 unspecified atom stereocenters. The molecule has 0 bridgehead atoms. The van der Waals surface area contributed by atoms with Gasteiger partial charge in [-0.15, -0.1) is 0 Å². The van der Waals surface area contributed by atoms with Gasteiger partial charge >= 0.3 is 0 Å². The predicted octanol–water partition coefficient (Wildman–Crippen LogP) is 1.71. The number of carbonyl (C=O) groups is 3. The first kappa shape index (κ1) is 21.7. The summed E-state index contributed by atoms with van der Waals surface area (Å²) < 4.78 is 27.2. The summed E-state index contributed by atoms with van der Waals surface area (Å²) in [6.07, 6.45) is 0.566. The summed E-state index contributed by atoms with van der Waals surface area (Å²) in [6.45, 7) is 3.25. The molecule has 0 fully saturated rings. The standard InChI is InChI=1S/C21H23N3O5S/c1-14(25)16-6-8-18(9-7-16)30(28,29)22-12-21(27)24-11-10-19-17(13-24)4-3-5-20(19)23-15(2)26/h3-9,22H,10-13H2,1-2H3,(H,23,26). The molecule has 0 aliphatic carbocycles. The van der Waals surface area contributed by atoms with Gasteiger partial charge in [0.2, 0.25) is 21.8 Å². The minimum absolute atomic E-state index is 0.00996. The van der Waals surface area contributed by atoms with Gasteiger partial charge in [0.25, 0.3) is 0 Å². The van der Waals surface area contributed by atoms with Crippen LogP contribution in [0.1, 0.15) is 35.3 Å². The molecule has 1 heterocycles. The molecule has 3 rings (SSSR count). The molecule has 158 valence electrons. The zero-order valence-corrected chi connectivity index (χ0v) is 17.6. The van der Waals surface area contributed by atoms with Gasteiger partial charge in [-0.05, 0) is 42.7 Å². The molecule has 0 radical (unpaired) electrons. The molecule has 0 atom stereocenters. The Labute approximate surface area is 175 Å². The van der Waals surface area contributed by atoms with E-state index in [1.165, 1.54) is 38.1 Å². The Morgan fingerprint density at radius 2 is 1.73 bits per heavy atom. The lowest BCUT2D eigenvalue weighted by molar-refractivity contribution is -0.130. The number of amides is 2. The second-order valence-electron chi connectivity index (χ2n) is 7.09. The minimum Gasteiger partial charge on any atom is -0.337 e. The van der Waals surface area contributed by atoms with Crippen LogP contribution in [0.4, 0.5) is 5.69 Å². The van der Waals surface area contributed by atoms with Crippen molar-refractivity contribution < 1.29 is 22.8 Å². The molecule has 2 aromatic carbocycles. The van der Waals surface area contributed by atoms with Crippen LogP contribution in [0.5, 0.6) is 0 Å². The van der Waals surface area contributed by atoms with Gasteiger partial charge in [0.1, 0.15) is 0 Å². The highest BCUT2D eigenvalue weighted by molar-refractivity contribution is 7.89. The topological polar surface area (TPSA) is 113 Å². The fraction of sp³-hybridized carbons (Fsp3) is 0.286. The molecule has 30 heavy (non-hydrogen) atoms. The van der Waals surface area contributed by atoms with Crippen LogP contribution >= 0.6 is 0 Å². The summed E-state index contributed by atoms with van der Waals surface area (Å²) in [4.78, 5) is 36.8.